The van der Waals surface area contributed by atoms with E-state index in [-0.39, 0.29) is 11.3 Å². The molecule has 2 N–H and O–H groups in total. The zero-order valence-corrected chi connectivity index (χ0v) is 11.9. The van der Waals surface area contributed by atoms with Gasteiger partial charge in [0, 0.05) is 16.1 Å². The van der Waals surface area contributed by atoms with Crippen molar-refractivity contribution in [3.8, 4) is 5.75 Å². The van der Waals surface area contributed by atoms with Crippen molar-refractivity contribution in [3.63, 3.8) is 0 Å². The van der Waals surface area contributed by atoms with Gasteiger partial charge >= 0.3 is 5.63 Å². The Labute approximate surface area is 129 Å². The fourth-order valence-corrected chi connectivity index (χ4v) is 2.18. The maximum absolute atomic E-state index is 12.2. The number of anilines is 1. The van der Waals surface area contributed by atoms with Gasteiger partial charge in [-0.25, -0.2) is 4.79 Å². The average molecular weight is 316 g/mol. The average Bonchev–Trinajstić information content (AvgIpc) is 2.49. The summed E-state index contributed by atoms with van der Waals surface area (Å²) in [6, 6.07) is 12.1. The Morgan fingerprint density at radius 2 is 1.82 bits per heavy atom. The maximum Gasteiger partial charge on any atom is 0.349 e. The lowest BCUT2D eigenvalue weighted by atomic mass is 10.1. The summed E-state index contributed by atoms with van der Waals surface area (Å²) in [4.78, 5) is 24.1. The highest BCUT2D eigenvalue weighted by Crippen LogP contribution is 2.19. The number of phenols is 1. The van der Waals surface area contributed by atoms with E-state index < -0.39 is 11.5 Å². The number of carbonyl (C=O) groups excluding carboxylic acids is 1. The predicted octanol–water partition coefficient (Wildman–Crippen LogP) is 3.40. The number of hydrogen-bond acceptors (Lipinski definition) is 4. The van der Waals surface area contributed by atoms with Crippen LogP contribution in [0.15, 0.2) is 57.7 Å². The van der Waals surface area contributed by atoms with Crippen LogP contribution in [0.25, 0.3) is 11.0 Å². The first-order valence-corrected chi connectivity index (χ1v) is 6.74. The molecule has 0 atom stereocenters. The van der Waals surface area contributed by atoms with Gasteiger partial charge in [-0.05, 0) is 48.5 Å². The number of rotatable bonds is 2. The van der Waals surface area contributed by atoms with E-state index in [9.17, 15) is 14.7 Å². The molecule has 0 aliphatic rings. The number of phenolic OH excluding ortho intramolecular Hbond substituents is 1. The topological polar surface area (TPSA) is 79.5 Å². The van der Waals surface area contributed by atoms with Gasteiger partial charge in [-0.2, -0.15) is 0 Å². The molecule has 0 fully saturated rings. The van der Waals surface area contributed by atoms with Gasteiger partial charge in [0.1, 0.15) is 16.9 Å². The lowest BCUT2D eigenvalue weighted by molar-refractivity contribution is 0.102. The number of hydrogen-bond donors (Lipinski definition) is 2. The Kier molecular flexibility index (Phi) is 3.56. The van der Waals surface area contributed by atoms with E-state index in [1.807, 2.05) is 0 Å². The molecule has 3 rings (SSSR count). The highest BCUT2D eigenvalue weighted by molar-refractivity contribution is 6.31. The molecular weight excluding hydrogens is 306 g/mol. The molecule has 0 spiro atoms. The Bertz CT molecular complexity index is 916. The van der Waals surface area contributed by atoms with Gasteiger partial charge in [-0.3, -0.25) is 4.79 Å². The summed E-state index contributed by atoms with van der Waals surface area (Å²) >= 11 is 5.89. The molecular formula is C16H10ClNO4. The van der Waals surface area contributed by atoms with Crippen LogP contribution in [-0.2, 0) is 0 Å². The van der Waals surface area contributed by atoms with Gasteiger partial charge < -0.3 is 14.8 Å². The highest BCUT2D eigenvalue weighted by atomic mass is 35.5. The zero-order valence-electron chi connectivity index (χ0n) is 11.2. The molecule has 2 aromatic carbocycles. The Morgan fingerprint density at radius 1 is 1.09 bits per heavy atom. The molecule has 1 heterocycles. The number of amides is 1. The van der Waals surface area contributed by atoms with E-state index in [1.54, 1.807) is 18.2 Å². The van der Waals surface area contributed by atoms with Crippen molar-refractivity contribution in [2.75, 3.05) is 5.32 Å². The summed E-state index contributed by atoms with van der Waals surface area (Å²) in [5.41, 5.74) is -0.0436. The molecule has 0 bridgehead atoms. The summed E-state index contributed by atoms with van der Waals surface area (Å²) in [6.45, 7) is 0. The number of halogens is 1. The second kappa shape index (κ2) is 5.54. The van der Waals surface area contributed by atoms with Crippen LogP contribution >= 0.6 is 11.6 Å². The summed E-state index contributed by atoms with van der Waals surface area (Å²) in [5, 5.41) is 12.8. The number of nitrogens with one attached hydrogen (secondary N) is 1. The van der Waals surface area contributed by atoms with E-state index >= 15 is 0 Å². The van der Waals surface area contributed by atoms with Crippen molar-refractivity contribution in [1.29, 1.82) is 0 Å². The second-order valence-electron chi connectivity index (χ2n) is 4.63. The smallest absolute Gasteiger partial charge is 0.349 e. The van der Waals surface area contributed by atoms with Gasteiger partial charge in [-0.15, -0.1) is 0 Å². The third-order valence-electron chi connectivity index (χ3n) is 3.06. The van der Waals surface area contributed by atoms with Gasteiger partial charge in [-0.1, -0.05) is 11.6 Å². The van der Waals surface area contributed by atoms with Crippen molar-refractivity contribution in [3.05, 3.63) is 69.5 Å². The van der Waals surface area contributed by atoms with Crippen molar-refractivity contribution in [1.82, 2.24) is 0 Å². The number of fused-ring (bicyclic) bond motifs is 1. The molecule has 22 heavy (non-hydrogen) atoms. The van der Waals surface area contributed by atoms with Crippen molar-refractivity contribution in [2.24, 2.45) is 0 Å². The third kappa shape index (κ3) is 2.80. The van der Waals surface area contributed by atoms with Crippen LogP contribution in [0.3, 0.4) is 0 Å². The van der Waals surface area contributed by atoms with Gasteiger partial charge in [0.25, 0.3) is 5.91 Å². The normalized spacial score (nSPS) is 10.6. The molecule has 0 saturated carbocycles. The van der Waals surface area contributed by atoms with Crippen LogP contribution in [0.4, 0.5) is 5.69 Å². The largest absolute Gasteiger partial charge is 0.508 e. The molecule has 0 aliphatic carbocycles. The van der Waals surface area contributed by atoms with E-state index in [2.05, 4.69) is 5.32 Å². The molecule has 0 saturated heterocycles. The van der Waals surface area contributed by atoms with Crippen molar-refractivity contribution < 1.29 is 14.3 Å². The third-order valence-corrected chi connectivity index (χ3v) is 3.30. The van der Waals surface area contributed by atoms with Gasteiger partial charge in [0.2, 0.25) is 0 Å². The summed E-state index contributed by atoms with van der Waals surface area (Å²) in [6.07, 6.45) is 0. The van der Waals surface area contributed by atoms with Gasteiger partial charge in [0.15, 0.2) is 0 Å². The molecule has 0 radical (unpaired) electrons. The summed E-state index contributed by atoms with van der Waals surface area (Å²) in [5.74, 6) is -0.515. The van der Waals surface area contributed by atoms with Crippen molar-refractivity contribution >= 4 is 34.2 Å². The fourth-order valence-electron chi connectivity index (χ4n) is 2.00. The lowest BCUT2D eigenvalue weighted by Crippen LogP contribution is -2.20. The Morgan fingerprint density at radius 3 is 2.55 bits per heavy atom. The number of aromatic hydroxyl groups is 1. The minimum atomic E-state index is -0.730. The van der Waals surface area contributed by atoms with E-state index in [0.29, 0.717) is 21.7 Å². The molecule has 0 aliphatic heterocycles. The van der Waals surface area contributed by atoms with Crippen LogP contribution in [0.1, 0.15) is 10.4 Å². The first-order valence-electron chi connectivity index (χ1n) is 6.37. The quantitative estimate of drug-likeness (QED) is 0.561. The van der Waals surface area contributed by atoms with Crippen LogP contribution < -0.4 is 10.9 Å². The molecule has 110 valence electrons. The first kappa shape index (κ1) is 14.2. The van der Waals surface area contributed by atoms with Crippen LogP contribution in [-0.4, -0.2) is 11.0 Å². The minimum absolute atomic E-state index is 0.0814. The molecule has 5 nitrogen and oxygen atoms in total. The molecule has 1 amide bonds. The van der Waals surface area contributed by atoms with E-state index in [0.717, 1.165) is 0 Å². The zero-order chi connectivity index (χ0) is 15.7. The summed E-state index contributed by atoms with van der Waals surface area (Å²) in [7, 11) is 0. The second-order valence-corrected chi connectivity index (χ2v) is 5.07. The van der Waals surface area contributed by atoms with Gasteiger partial charge in [0.05, 0.1) is 0 Å². The molecule has 3 aromatic rings. The lowest BCUT2D eigenvalue weighted by Gasteiger charge is -2.05. The SMILES string of the molecule is O=C(Nc1ccc(O)cc1)c1cc2cc(Cl)ccc2oc1=O. The molecule has 6 heteroatoms. The minimum Gasteiger partial charge on any atom is -0.508 e. The van der Waals surface area contributed by atoms with Crippen LogP contribution in [0.2, 0.25) is 5.02 Å². The summed E-state index contributed by atoms with van der Waals surface area (Å²) < 4.78 is 5.11. The standard InChI is InChI=1S/C16H10ClNO4/c17-10-1-6-14-9(7-10)8-13(16(21)22-14)15(20)18-11-2-4-12(19)5-3-11/h1-8,19H,(H,18,20). The maximum atomic E-state index is 12.2. The predicted molar refractivity (Wildman–Crippen MR) is 83.6 cm³/mol. The monoisotopic (exact) mass is 315 g/mol. The van der Waals surface area contributed by atoms with E-state index in [1.165, 1.54) is 30.3 Å². The van der Waals surface area contributed by atoms with Crippen molar-refractivity contribution in [2.45, 2.75) is 0 Å². The van der Waals surface area contributed by atoms with Crippen LogP contribution in [0.5, 0.6) is 5.75 Å². The first-order chi connectivity index (χ1) is 10.5. The van der Waals surface area contributed by atoms with E-state index in [4.69, 9.17) is 16.0 Å². The molecule has 0 unspecified atom stereocenters. The Hall–Kier alpha value is -2.79. The highest BCUT2D eigenvalue weighted by Gasteiger charge is 2.14. The fraction of sp³-hybridized carbons (Fsp3) is 0. The van der Waals surface area contributed by atoms with Crippen LogP contribution in [0, 0.1) is 0 Å². The molecule has 1 aromatic heterocycles. The number of benzene rings is 2. The number of carbonyl (C=O) groups is 1. The Balaban J connectivity index is 1.98.